The number of hydrogen-bond donors (Lipinski definition) is 0. The third-order valence-corrected chi connectivity index (χ3v) is 5.14. The first-order valence-corrected chi connectivity index (χ1v) is 7.16. The molecule has 2 saturated carbocycles. The van der Waals surface area contributed by atoms with Crippen molar-refractivity contribution in [1.29, 1.82) is 5.26 Å². The van der Waals surface area contributed by atoms with Gasteiger partial charge in [-0.3, -0.25) is 9.59 Å². The lowest BCUT2D eigenvalue weighted by Crippen LogP contribution is -2.42. The largest absolute Gasteiger partial charge is 0.299 e. The summed E-state index contributed by atoms with van der Waals surface area (Å²) >= 11 is 0. The van der Waals surface area contributed by atoms with Gasteiger partial charge in [-0.2, -0.15) is 5.26 Å². The number of carbonyl (C=O) groups excluding carboxylic acids is 2. The van der Waals surface area contributed by atoms with Crippen LogP contribution in [0.25, 0.3) is 0 Å². The van der Waals surface area contributed by atoms with Crippen LogP contribution in [0.5, 0.6) is 0 Å². The molecule has 0 saturated heterocycles. The molecule has 20 heavy (non-hydrogen) atoms. The van der Waals surface area contributed by atoms with E-state index in [1.807, 2.05) is 30.3 Å². The highest BCUT2D eigenvalue weighted by molar-refractivity contribution is 6.12. The third kappa shape index (κ3) is 1.71. The van der Waals surface area contributed by atoms with Crippen LogP contribution in [-0.2, 0) is 15.0 Å². The minimum Gasteiger partial charge on any atom is -0.299 e. The maximum Gasteiger partial charge on any atom is 0.146 e. The number of hydrogen-bond acceptors (Lipinski definition) is 3. The summed E-state index contributed by atoms with van der Waals surface area (Å²) in [4.78, 5) is 24.2. The van der Waals surface area contributed by atoms with Crippen LogP contribution in [0, 0.1) is 16.7 Å². The molecule has 0 atom stereocenters. The van der Waals surface area contributed by atoms with Gasteiger partial charge in [-0.1, -0.05) is 30.3 Å². The summed E-state index contributed by atoms with van der Waals surface area (Å²) in [6.07, 6.45) is 3.06. The zero-order chi connectivity index (χ0) is 14.2. The van der Waals surface area contributed by atoms with Crippen LogP contribution in [0.15, 0.2) is 30.3 Å². The Morgan fingerprint density at radius 1 is 0.900 bits per heavy atom. The summed E-state index contributed by atoms with van der Waals surface area (Å²) < 4.78 is 0. The van der Waals surface area contributed by atoms with E-state index in [4.69, 9.17) is 0 Å². The fourth-order valence-electron chi connectivity index (χ4n) is 3.74. The minimum atomic E-state index is -0.755. The van der Waals surface area contributed by atoms with Crippen molar-refractivity contribution in [3.8, 4) is 6.07 Å². The summed E-state index contributed by atoms with van der Waals surface area (Å²) in [6.45, 7) is 0. The van der Waals surface area contributed by atoms with E-state index in [1.165, 1.54) is 0 Å². The number of ketones is 2. The zero-order valence-electron chi connectivity index (χ0n) is 11.4. The minimum absolute atomic E-state index is 0.0992. The molecule has 0 N–H and O–H groups in total. The lowest BCUT2D eigenvalue weighted by molar-refractivity contribution is -0.137. The molecule has 0 aromatic heterocycles. The van der Waals surface area contributed by atoms with Crippen molar-refractivity contribution in [3.05, 3.63) is 35.9 Å². The smallest absolute Gasteiger partial charge is 0.146 e. The fraction of sp³-hybridized carbons (Fsp3) is 0.471. The Morgan fingerprint density at radius 2 is 1.45 bits per heavy atom. The first-order valence-electron chi connectivity index (χ1n) is 7.16. The Balaban J connectivity index is 1.89. The average molecular weight is 267 g/mol. The molecule has 2 aliphatic rings. The Bertz CT molecular complexity index is 571. The van der Waals surface area contributed by atoms with E-state index in [0.717, 1.165) is 5.56 Å². The monoisotopic (exact) mass is 267 g/mol. The van der Waals surface area contributed by atoms with E-state index in [-0.39, 0.29) is 11.6 Å². The maximum atomic E-state index is 12.1. The summed E-state index contributed by atoms with van der Waals surface area (Å²) in [5.41, 5.74) is -0.277. The molecule has 2 fully saturated rings. The Morgan fingerprint density at radius 3 is 1.95 bits per heavy atom. The topological polar surface area (TPSA) is 57.9 Å². The maximum absolute atomic E-state index is 12.1. The molecule has 3 nitrogen and oxygen atoms in total. The molecular formula is C17H17NO2. The quantitative estimate of drug-likeness (QED) is 0.735. The fourth-order valence-corrected chi connectivity index (χ4v) is 3.74. The lowest BCUT2D eigenvalue weighted by Gasteiger charge is -2.39. The van der Waals surface area contributed by atoms with Gasteiger partial charge in [0.15, 0.2) is 0 Å². The van der Waals surface area contributed by atoms with Crippen LogP contribution >= 0.6 is 0 Å². The molecule has 1 aromatic carbocycles. The van der Waals surface area contributed by atoms with Gasteiger partial charge in [0.25, 0.3) is 0 Å². The van der Waals surface area contributed by atoms with Gasteiger partial charge in [0, 0.05) is 12.8 Å². The van der Waals surface area contributed by atoms with Crippen LogP contribution in [0.3, 0.4) is 0 Å². The molecule has 0 amide bonds. The highest BCUT2D eigenvalue weighted by atomic mass is 16.2. The molecule has 102 valence electrons. The SMILES string of the molecule is N#CC1(c2ccccc2)CCC2(CC1)C(=O)CCC2=O. The summed E-state index contributed by atoms with van der Waals surface area (Å²) in [7, 11) is 0. The molecule has 0 bridgehead atoms. The van der Waals surface area contributed by atoms with Crippen LogP contribution in [0.1, 0.15) is 44.1 Å². The van der Waals surface area contributed by atoms with Crippen molar-refractivity contribution >= 4 is 11.6 Å². The molecule has 0 radical (unpaired) electrons. The zero-order valence-corrected chi connectivity index (χ0v) is 11.4. The van der Waals surface area contributed by atoms with Gasteiger partial charge in [-0.05, 0) is 31.2 Å². The van der Waals surface area contributed by atoms with E-state index in [1.54, 1.807) is 0 Å². The van der Waals surface area contributed by atoms with Gasteiger partial charge in [0.2, 0.25) is 0 Å². The van der Waals surface area contributed by atoms with Gasteiger partial charge in [0.1, 0.15) is 11.6 Å². The highest BCUT2D eigenvalue weighted by Crippen LogP contribution is 2.50. The van der Waals surface area contributed by atoms with Gasteiger partial charge >= 0.3 is 0 Å². The molecule has 2 aliphatic carbocycles. The number of nitriles is 1. The second kappa shape index (κ2) is 4.56. The van der Waals surface area contributed by atoms with E-state index in [9.17, 15) is 14.9 Å². The van der Waals surface area contributed by atoms with Crippen LogP contribution in [0.2, 0.25) is 0 Å². The molecule has 0 aliphatic heterocycles. The summed E-state index contributed by atoms with van der Waals surface area (Å²) in [5, 5.41) is 9.64. The van der Waals surface area contributed by atoms with Crippen LogP contribution < -0.4 is 0 Å². The molecule has 0 unspecified atom stereocenters. The molecule has 1 aromatic rings. The molecule has 3 heteroatoms. The van der Waals surface area contributed by atoms with Crippen molar-refractivity contribution < 1.29 is 9.59 Å². The number of Topliss-reactive ketones (excluding diaryl/α,β-unsaturated/α-hetero) is 2. The summed E-state index contributed by atoms with van der Waals surface area (Å²) in [6, 6.07) is 12.2. The molecule has 1 spiro atoms. The first kappa shape index (κ1) is 13.1. The number of nitrogens with zero attached hydrogens (tertiary/aromatic N) is 1. The van der Waals surface area contributed by atoms with Crippen molar-refractivity contribution in [2.75, 3.05) is 0 Å². The van der Waals surface area contributed by atoms with Gasteiger partial charge in [-0.25, -0.2) is 0 Å². The number of benzene rings is 1. The van der Waals surface area contributed by atoms with Crippen molar-refractivity contribution in [1.82, 2.24) is 0 Å². The van der Waals surface area contributed by atoms with Crippen LogP contribution in [0.4, 0.5) is 0 Å². The second-order valence-electron chi connectivity index (χ2n) is 5.99. The molecular weight excluding hydrogens is 250 g/mol. The Kier molecular flexibility index (Phi) is 2.97. The predicted molar refractivity (Wildman–Crippen MR) is 73.9 cm³/mol. The van der Waals surface area contributed by atoms with Crippen molar-refractivity contribution in [2.45, 2.75) is 43.9 Å². The van der Waals surface area contributed by atoms with Crippen molar-refractivity contribution in [2.24, 2.45) is 5.41 Å². The van der Waals surface area contributed by atoms with E-state index >= 15 is 0 Å². The molecule has 3 rings (SSSR count). The van der Waals surface area contributed by atoms with Gasteiger partial charge in [-0.15, -0.1) is 0 Å². The standard InChI is InChI=1S/C17H17NO2/c18-12-16(13-4-2-1-3-5-13)8-10-17(11-9-16)14(19)6-7-15(17)20/h1-5H,6-11H2. The third-order valence-electron chi connectivity index (χ3n) is 5.14. The van der Waals surface area contributed by atoms with E-state index in [2.05, 4.69) is 6.07 Å². The number of carbonyl (C=O) groups is 2. The van der Waals surface area contributed by atoms with Gasteiger partial charge in [0.05, 0.1) is 16.9 Å². The van der Waals surface area contributed by atoms with Crippen LogP contribution in [-0.4, -0.2) is 11.6 Å². The van der Waals surface area contributed by atoms with Crippen molar-refractivity contribution in [3.63, 3.8) is 0 Å². The normalized spacial score (nSPS) is 23.8. The summed E-state index contributed by atoms with van der Waals surface area (Å²) in [5.74, 6) is 0.198. The average Bonchev–Trinajstić information content (AvgIpc) is 2.78. The number of rotatable bonds is 1. The van der Waals surface area contributed by atoms with E-state index in [0.29, 0.717) is 38.5 Å². The highest BCUT2D eigenvalue weighted by Gasteiger charge is 2.54. The molecule has 0 heterocycles. The first-order chi connectivity index (χ1) is 9.63. The Hall–Kier alpha value is -1.95. The Labute approximate surface area is 118 Å². The predicted octanol–water partition coefficient (Wildman–Crippen LogP) is 2.94. The second-order valence-corrected chi connectivity index (χ2v) is 5.99. The van der Waals surface area contributed by atoms with E-state index < -0.39 is 10.8 Å². The van der Waals surface area contributed by atoms with Gasteiger partial charge < -0.3 is 0 Å². The lowest BCUT2D eigenvalue weighted by atomic mass is 9.60.